The van der Waals surface area contributed by atoms with Gasteiger partial charge in [0.25, 0.3) is 5.60 Å². The number of piperidine rings is 1. The van der Waals surface area contributed by atoms with Gasteiger partial charge in [-0.25, -0.2) is 4.79 Å². The first-order valence-electron chi connectivity index (χ1n) is 15.9. The third-order valence-corrected chi connectivity index (χ3v) is 10.6. The van der Waals surface area contributed by atoms with E-state index in [1.165, 1.54) is 5.57 Å². The molecule has 2 heterocycles. The minimum absolute atomic E-state index is 0.0383. The van der Waals surface area contributed by atoms with Crippen LogP contribution in [0.4, 0.5) is 0 Å². The summed E-state index contributed by atoms with van der Waals surface area (Å²) in [5.74, 6) is -0.965. The van der Waals surface area contributed by atoms with E-state index < -0.39 is 28.7 Å². The van der Waals surface area contributed by atoms with Gasteiger partial charge < -0.3 is 20.5 Å². The predicted molar refractivity (Wildman–Crippen MR) is 150 cm³/mol. The number of allylic oxidation sites excluding steroid dienone is 1. The maximum absolute atomic E-state index is 14.0. The van der Waals surface area contributed by atoms with Crippen LogP contribution >= 0.6 is 0 Å². The summed E-state index contributed by atoms with van der Waals surface area (Å²) in [6, 6.07) is 0. The zero-order valence-electron chi connectivity index (χ0n) is 24.2. The number of fused-ring (bicyclic) bond motifs is 2. The third-order valence-electron chi connectivity index (χ3n) is 10.6. The number of ketones is 2. The van der Waals surface area contributed by atoms with Crippen LogP contribution in [0.1, 0.15) is 123 Å². The van der Waals surface area contributed by atoms with Gasteiger partial charge in [-0.15, -0.1) is 0 Å². The molecule has 0 aromatic carbocycles. The second kappa shape index (κ2) is 11.7. The second-order valence-corrected chi connectivity index (χ2v) is 13.3. The van der Waals surface area contributed by atoms with Gasteiger partial charge in [-0.1, -0.05) is 44.3 Å². The Labute approximate surface area is 234 Å². The molecule has 39 heavy (non-hydrogen) atoms. The minimum Gasteiger partial charge on any atom is -0.457 e. The largest absolute Gasteiger partial charge is 0.457 e. The Bertz CT molecular complexity index is 972. The maximum atomic E-state index is 14.0. The lowest BCUT2D eigenvalue weighted by atomic mass is 9.61. The number of unbranched alkanes of at least 4 members (excludes halogenated alkanes) is 2. The van der Waals surface area contributed by atoms with Crippen molar-refractivity contribution in [3.8, 4) is 0 Å². The Hall–Kier alpha value is -1.57. The summed E-state index contributed by atoms with van der Waals surface area (Å²) in [6.45, 7) is 5.21. The van der Waals surface area contributed by atoms with Crippen molar-refractivity contribution in [2.24, 2.45) is 23.5 Å². The molecule has 7 nitrogen and oxygen atoms in total. The van der Waals surface area contributed by atoms with Crippen molar-refractivity contribution in [2.45, 2.75) is 146 Å². The van der Waals surface area contributed by atoms with E-state index in [4.69, 9.17) is 15.2 Å². The van der Waals surface area contributed by atoms with E-state index in [0.29, 0.717) is 18.8 Å². The van der Waals surface area contributed by atoms with Crippen LogP contribution in [0.25, 0.3) is 0 Å². The van der Waals surface area contributed by atoms with Crippen LogP contribution in [0.2, 0.25) is 0 Å². The van der Waals surface area contributed by atoms with E-state index in [1.807, 2.05) is 0 Å². The molecule has 0 bridgehead atoms. The molecule has 0 aromatic rings. The van der Waals surface area contributed by atoms with E-state index in [0.717, 1.165) is 96.4 Å². The summed E-state index contributed by atoms with van der Waals surface area (Å²) in [5, 5.41) is 3.30. The van der Waals surface area contributed by atoms with Gasteiger partial charge in [-0.05, 0) is 96.4 Å². The molecule has 3 N–H and O–H groups in total. The van der Waals surface area contributed by atoms with E-state index in [9.17, 15) is 14.4 Å². The van der Waals surface area contributed by atoms with Crippen molar-refractivity contribution in [3.05, 3.63) is 11.6 Å². The first kappa shape index (κ1) is 28.9. The molecule has 0 spiro atoms. The monoisotopic (exact) mass is 542 g/mol. The molecule has 3 saturated carbocycles. The summed E-state index contributed by atoms with van der Waals surface area (Å²) in [7, 11) is 0. The Balaban J connectivity index is 1.34. The Morgan fingerprint density at radius 3 is 2.49 bits per heavy atom. The number of hydrogen-bond donors (Lipinski definition) is 2. The molecular weight excluding hydrogens is 492 g/mol. The Morgan fingerprint density at radius 1 is 1.08 bits per heavy atom. The fourth-order valence-corrected chi connectivity index (χ4v) is 8.16. The van der Waals surface area contributed by atoms with Crippen molar-refractivity contribution in [3.63, 3.8) is 0 Å². The van der Waals surface area contributed by atoms with Crippen LogP contribution in [0.3, 0.4) is 0 Å². The van der Waals surface area contributed by atoms with Crippen LogP contribution in [-0.2, 0) is 23.9 Å². The molecule has 5 fully saturated rings. The number of ether oxygens (including phenoxy) is 2. The number of hydrogen-bond acceptors (Lipinski definition) is 7. The number of epoxide rings is 1. The molecule has 3 aliphatic carbocycles. The summed E-state index contributed by atoms with van der Waals surface area (Å²) >= 11 is 0. The normalized spacial score (nSPS) is 37.8. The van der Waals surface area contributed by atoms with Crippen LogP contribution in [0, 0.1) is 17.8 Å². The van der Waals surface area contributed by atoms with Crippen molar-refractivity contribution in [2.75, 3.05) is 6.54 Å². The summed E-state index contributed by atoms with van der Waals surface area (Å²) in [6.07, 6.45) is 17.5. The molecule has 218 valence electrons. The molecule has 5 rings (SSSR count). The second-order valence-electron chi connectivity index (χ2n) is 13.3. The smallest absolute Gasteiger partial charge is 0.350 e. The number of esters is 1. The highest BCUT2D eigenvalue weighted by Crippen LogP contribution is 2.62. The average Bonchev–Trinajstić information content (AvgIpc) is 3.45. The van der Waals surface area contributed by atoms with Crippen molar-refractivity contribution in [1.29, 1.82) is 0 Å². The lowest BCUT2D eigenvalue weighted by Gasteiger charge is -2.38. The van der Waals surface area contributed by atoms with Gasteiger partial charge in [0.05, 0.1) is 6.17 Å². The topological polar surface area (TPSA) is 111 Å². The maximum Gasteiger partial charge on any atom is 0.350 e. The van der Waals surface area contributed by atoms with Gasteiger partial charge >= 0.3 is 5.97 Å². The number of nitrogens with two attached hydrogens (primary N) is 1. The van der Waals surface area contributed by atoms with Crippen LogP contribution in [0.15, 0.2) is 11.6 Å². The number of Topliss-reactive ketones (excluding diaryl/α,β-unsaturated/α-hetero) is 2. The minimum atomic E-state index is -1.75. The van der Waals surface area contributed by atoms with Gasteiger partial charge in [0, 0.05) is 18.3 Å². The summed E-state index contributed by atoms with van der Waals surface area (Å²) in [5.41, 5.74) is 3.60. The first-order chi connectivity index (χ1) is 18.8. The number of nitrogens with one attached hydrogen (secondary N) is 1. The molecule has 2 saturated heterocycles. The molecule has 0 amide bonds. The molecule has 6 unspecified atom stereocenters. The van der Waals surface area contributed by atoms with Crippen LogP contribution < -0.4 is 11.1 Å². The summed E-state index contributed by atoms with van der Waals surface area (Å²) in [4.78, 5) is 42.1. The van der Waals surface area contributed by atoms with Gasteiger partial charge in [-0.2, -0.15) is 0 Å². The highest BCUT2D eigenvalue weighted by Gasteiger charge is 2.87. The lowest BCUT2D eigenvalue weighted by molar-refractivity contribution is -0.171. The van der Waals surface area contributed by atoms with E-state index in [-0.39, 0.29) is 30.1 Å². The SMILES string of the molecule is CCCCCC1(OC(=O)C23OC2(CC=C(C)CCC2CCNC(N)C2)C(=O)C2CCCCC2C3=O)CCCC1. The standard InChI is InChI=1S/C32H50N2O5/c1-3-4-7-16-30(17-8-9-18-30)38-29(37)32-28(36)25-11-6-5-10-24(25)27(35)31(32,39-32)19-14-22(2)12-13-23-15-20-34-26(33)21-23/h14,23-26,34H,3-13,15-21,33H2,1-2H3. The third kappa shape index (κ3) is 5.40. The zero-order valence-corrected chi connectivity index (χ0v) is 24.2. The number of carbonyl (C=O) groups is 3. The van der Waals surface area contributed by atoms with Gasteiger partial charge in [0.15, 0.2) is 17.2 Å². The zero-order chi connectivity index (χ0) is 27.7. The molecule has 0 radical (unpaired) electrons. The van der Waals surface area contributed by atoms with Gasteiger partial charge in [0.2, 0.25) is 0 Å². The first-order valence-corrected chi connectivity index (χ1v) is 15.9. The highest BCUT2D eigenvalue weighted by atomic mass is 16.7. The summed E-state index contributed by atoms with van der Waals surface area (Å²) < 4.78 is 12.5. The van der Waals surface area contributed by atoms with Crippen molar-refractivity contribution < 1.29 is 23.9 Å². The molecular formula is C32H50N2O5. The van der Waals surface area contributed by atoms with Crippen LogP contribution in [-0.4, -0.2) is 47.0 Å². The van der Waals surface area contributed by atoms with Crippen molar-refractivity contribution >= 4 is 17.5 Å². The van der Waals surface area contributed by atoms with E-state index >= 15 is 0 Å². The van der Waals surface area contributed by atoms with Crippen LogP contribution in [0.5, 0.6) is 0 Å². The molecule has 5 aliphatic rings. The Morgan fingerprint density at radius 2 is 1.79 bits per heavy atom. The molecule has 0 aromatic heterocycles. The van der Waals surface area contributed by atoms with Gasteiger partial charge in [-0.3, -0.25) is 9.59 Å². The number of rotatable bonds is 11. The van der Waals surface area contributed by atoms with Gasteiger partial charge in [0.1, 0.15) is 5.60 Å². The fraction of sp³-hybridized carbons (Fsp3) is 0.844. The lowest BCUT2D eigenvalue weighted by Crippen LogP contribution is -2.59. The van der Waals surface area contributed by atoms with E-state index in [2.05, 4.69) is 25.2 Å². The van der Waals surface area contributed by atoms with Crippen molar-refractivity contribution in [1.82, 2.24) is 5.32 Å². The highest BCUT2D eigenvalue weighted by molar-refractivity contribution is 6.23. The van der Waals surface area contributed by atoms with E-state index in [1.54, 1.807) is 0 Å². The molecule has 6 atom stereocenters. The fourth-order valence-electron chi connectivity index (χ4n) is 8.16. The molecule has 7 heteroatoms. The molecule has 2 aliphatic heterocycles. The predicted octanol–water partition coefficient (Wildman–Crippen LogP) is 5.29. The average molecular weight is 543 g/mol. The Kier molecular flexibility index (Phi) is 8.71. The number of carbonyl (C=O) groups excluding carboxylic acids is 3. The quantitative estimate of drug-likeness (QED) is 0.120.